The molecule has 15 heavy (non-hydrogen) atoms. The van der Waals surface area contributed by atoms with Gasteiger partial charge in [0.25, 0.3) is 0 Å². The van der Waals surface area contributed by atoms with Crippen LogP contribution in [0.15, 0.2) is 0 Å². The molecule has 0 fully saturated rings. The molecule has 0 aromatic rings. The van der Waals surface area contributed by atoms with E-state index in [0.29, 0.717) is 0 Å². The third kappa shape index (κ3) is 957. The van der Waals surface area contributed by atoms with Gasteiger partial charge in [0.05, 0.1) is 0 Å². The van der Waals surface area contributed by atoms with E-state index in [1.54, 1.807) is 0 Å². The minimum absolute atomic E-state index is 0. The van der Waals surface area contributed by atoms with E-state index in [1.807, 2.05) is 0 Å². The molecule has 0 saturated carbocycles. The molecule has 0 unspecified atom stereocenters. The van der Waals surface area contributed by atoms with E-state index in [2.05, 4.69) is 0 Å². The molecule has 12 nitrogen and oxygen atoms in total. The average Bonchev–Trinajstić information content (AvgIpc) is 0. The van der Waals surface area contributed by atoms with E-state index in [-0.39, 0.29) is 137 Å². The summed E-state index contributed by atoms with van der Waals surface area (Å²) in [7, 11) is 0. The van der Waals surface area contributed by atoms with Gasteiger partial charge < -0.3 is 68.4 Å². The fourth-order valence-corrected chi connectivity index (χ4v) is 0. The number of hydrogen-bond donors (Lipinski definition) is 0. The van der Waals surface area contributed by atoms with E-state index < -0.39 is 0 Å². The number of hydrogen-bond acceptors (Lipinski definition) is 0. The normalized spacial score (nSPS) is 0. The molecular weight excluding hydrogens is 669 g/mol. The molecule has 0 atom stereocenters. The molecule has 0 heterocycles. The van der Waals surface area contributed by atoms with Gasteiger partial charge in [-0.15, -0.1) is 0 Å². The third-order valence-corrected chi connectivity index (χ3v) is 0. The van der Waals surface area contributed by atoms with E-state index in [1.165, 1.54) is 0 Å². The second-order valence-electron chi connectivity index (χ2n) is 0. The Balaban J connectivity index is 0. The molecule has 0 amide bonds. The molecule has 8 N–H and O–H groups in total. The van der Waals surface area contributed by atoms with Crippen LogP contribution in [0, 0.1) is 0 Å². The Morgan fingerprint density at radius 1 is 0.267 bits per heavy atom. The summed E-state index contributed by atoms with van der Waals surface area (Å²) in [5.74, 6) is 0. The van der Waals surface area contributed by atoms with Gasteiger partial charge in [-0.25, -0.2) is 0 Å². The van der Waals surface area contributed by atoms with Crippen molar-refractivity contribution in [1.82, 2.24) is 0 Å². The SMILES string of the molecule is [Cd+2].[NH2-].[NH2-].[NH2-].[NH2-].[O-2].[O-2].[O-2].[O-2].[O-2].[O-2].[O-2].[O-2].[Re].[Re]. The van der Waals surface area contributed by atoms with Crippen LogP contribution in [-0.4, -0.2) is 0 Å². The fraction of sp³-hybridized carbons (Fsp3) is 0. The first kappa shape index (κ1) is 1340. The maximum Gasteiger partial charge on any atom is 2.00 e. The Morgan fingerprint density at radius 3 is 0.267 bits per heavy atom. The number of rotatable bonds is 0. The van der Waals surface area contributed by atoms with Gasteiger partial charge in [0.2, 0.25) is 0 Å². The van der Waals surface area contributed by atoms with Gasteiger partial charge in [-0.2, -0.15) is 0 Å². The molecule has 0 aliphatic heterocycles. The maximum absolute atomic E-state index is 0. The van der Waals surface area contributed by atoms with Crippen LogP contribution >= 0.6 is 0 Å². The van der Waals surface area contributed by atoms with E-state index in [0.717, 1.165) is 0 Å². The van der Waals surface area contributed by atoms with E-state index >= 15 is 0 Å². The van der Waals surface area contributed by atoms with Gasteiger partial charge in [0.1, 0.15) is 0 Å². The van der Waals surface area contributed by atoms with Crippen molar-refractivity contribution in [3.8, 4) is 0 Å². The summed E-state index contributed by atoms with van der Waals surface area (Å²) in [6.45, 7) is 0. The molecule has 0 rings (SSSR count). The Kier molecular flexibility index (Phi) is 98100. The summed E-state index contributed by atoms with van der Waals surface area (Å²) < 4.78 is 0. The van der Waals surface area contributed by atoms with Gasteiger partial charge in [0.15, 0.2) is 0 Å². The summed E-state index contributed by atoms with van der Waals surface area (Å²) in [4.78, 5) is 0. The van der Waals surface area contributed by atoms with Crippen LogP contribution in [0.3, 0.4) is 0 Å². The smallest absolute Gasteiger partial charge is 2.00 e. The van der Waals surface area contributed by atoms with Crippen LogP contribution in [-0.2, 0) is 112 Å². The minimum Gasteiger partial charge on any atom is -2.00 e. The molecular formula is H8CdN4O8Re2-18. The van der Waals surface area contributed by atoms with Gasteiger partial charge >= 0.3 is 27.3 Å². The van der Waals surface area contributed by atoms with E-state index in [9.17, 15) is 0 Å². The topological polar surface area (TPSA) is 362 Å². The molecule has 0 saturated heterocycles. The van der Waals surface area contributed by atoms with Crippen molar-refractivity contribution in [1.29, 1.82) is 0 Å². The van der Waals surface area contributed by atoms with Gasteiger partial charge in [-0.1, -0.05) is 0 Å². The van der Waals surface area contributed by atoms with Crippen molar-refractivity contribution in [2.75, 3.05) is 0 Å². The predicted octanol–water partition coefficient (Wildman–Crippen LogP) is 1.91. The zero-order valence-electron chi connectivity index (χ0n) is 7.04. The zero-order valence-corrected chi connectivity index (χ0v) is 16.5. The second kappa shape index (κ2) is 1100. The van der Waals surface area contributed by atoms with Crippen molar-refractivity contribution in [3.05, 3.63) is 24.6 Å². The van der Waals surface area contributed by atoms with Crippen LogP contribution in [0.25, 0.3) is 24.6 Å². The molecule has 110 valence electrons. The molecule has 0 aliphatic carbocycles. The van der Waals surface area contributed by atoms with E-state index in [4.69, 9.17) is 0 Å². The summed E-state index contributed by atoms with van der Waals surface area (Å²) >= 11 is 0. The van der Waals surface area contributed by atoms with Crippen LogP contribution in [0.2, 0.25) is 0 Å². The van der Waals surface area contributed by atoms with Crippen LogP contribution in [0.5, 0.6) is 0 Å². The zero-order chi connectivity index (χ0) is 0. The summed E-state index contributed by atoms with van der Waals surface area (Å²) in [6.07, 6.45) is 0. The van der Waals surface area contributed by atoms with Crippen molar-refractivity contribution >= 4 is 0 Å². The Bertz CT molecular complexity index is 24.6. The van der Waals surface area contributed by atoms with Gasteiger partial charge in [0, 0.05) is 40.8 Å². The Morgan fingerprint density at radius 2 is 0.267 bits per heavy atom. The monoisotopic (exact) mass is 680 g/mol. The second-order valence-corrected chi connectivity index (χ2v) is 0. The van der Waals surface area contributed by atoms with Crippen LogP contribution in [0.4, 0.5) is 0 Å². The molecule has 2 radical (unpaired) electrons. The minimum atomic E-state index is 0. The molecule has 0 spiro atoms. The standard InChI is InChI=1S/Cd.4H2N.8O.2Re/h;4*1H2;;;;;;;;;;/q+2;4*-1;8*-2;;. The van der Waals surface area contributed by atoms with Gasteiger partial charge in [-0.05, 0) is 0 Å². The first-order valence-electron chi connectivity index (χ1n) is 0. The summed E-state index contributed by atoms with van der Waals surface area (Å²) in [6, 6.07) is 0. The Labute approximate surface area is 136 Å². The maximum atomic E-state index is 0. The molecule has 0 bridgehead atoms. The van der Waals surface area contributed by atoms with Crippen molar-refractivity contribution in [3.63, 3.8) is 0 Å². The first-order valence-corrected chi connectivity index (χ1v) is 0. The average molecular weight is 677 g/mol. The quantitative estimate of drug-likeness (QED) is 0.332. The van der Waals surface area contributed by atoms with Crippen molar-refractivity contribution in [2.24, 2.45) is 0 Å². The fourth-order valence-electron chi connectivity index (χ4n) is 0. The summed E-state index contributed by atoms with van der Waals surface area (Å²) in [5.41, 5.74) is 0. The molecule has 0 aromatic carbocycles. The van der Waals surface area contributed by atoms with Gasteiger partial charge in [-0.3, -0.25) is 0 Å². The first-order chi connectivity index (χ1) is 0. The number of nitrogens with two attached hydrogens (primary N) is 4. The van der Waals surface area contributed by atoms with Crippen molar-refractivity contribution in [2.45, 2.75) is 0 Å². The van der Waals surface area contributed by atoms with Crippen LogP contribution < -0.4 is 0 Å². The molecule has 15 heteroatoms. The Hall–Kier alpha value is 1.77. The third-order valence-electron chi connectivity index (χ3n) is 0. The largest absolute Gasteiger partial charge is 2.00 e. The molecule has 0 aliphatic rings. The summed E-state index contributed by atoms with van der Waals surface area (Å²) in [5, 5.41) is 0. The predicted molar refractivity (Wildman–Crippen MR) is 26.6 cm³/mol. The van der Waals surface area contributed by atoms with Crippen molar-refractivity contribution < 1.29 is 112 Å². The van der Waals surface area contributed by atoms with Crippen LogP contribution in [0.1, 0.15) is 0 Å². The molecule has 0 aromatic heterocycles.